The van der Waals surface area contributed by atoms with E-state index in [-0.39, 0.29) is 27.2 Å². The van der Waals surface area contributed by atoms with E-state index in [1.165, 1.54) is 12.1 Å². The van der Waals surface area contributed by atoms with E-state index in [4.69, 9.17) is 28.9 Å². The van der Waals surface area contributed by atoms with Crippen LogP contribution in [0.25, 0.3) is 0 Å². The number of halogens is 2. The average Bonchev–Trinajstić information content (AvgIpc) is 2.79. The topological polar surface area (TPSA) is 90.0 Å². The van der Waals surface area contributed by atoms with Crippen LogP contribution in [-0.4, -0.2) is 24.7 Å². The Morgan fingerprint density at radius 2 is 2.10 bits per heavy atom. The van der Waals surface area contributed by atoms with Crippen LogP contribution in [0.1, 0.15) is 0 Å². The van der Waals surface area contributed by atoms with Gasteiger partial charge in [-0.2, -0.15) is 5.10 Å². The Bertz CT molecular complexity index is 678. The van der Waals surface area contributed by atoms with Crippen molar-refractivity contribution in [2.24, 2.45) is 0 Å². The summed E-state index contributed by atoms with van der Waals surface area (Å²) in [4.78, 5) is -0.163. The van der Waals surface area contributed by atoms with Gasteiger partial charge in [-0.3, -0.25) is 4.68 Å². The number of hydrogen-bond acceptors (Lipinski definition) is 4. The largest absolute Gasteiger partial charge is 0.398 e. The van der Waals surface area contributed by atoms with E-state index in [1.807, 2.05) is 0 Å². The number of nitrogens with zero attached hydrogens (tertiary/aromatic N) is 2. The Morgan fingerprint density at radius 3 is 2.70 bits per heavy atom. The van der Waals surface area contributed by atoms with E-state index < -0.39 is 10.0 Å². The summed E-state index contributed by atoms with van der Waals surface area (Å²) < 4.78 is 28.4. The van der Waals surface area contributed by atoms with Crippen molar-refractivity contribution in [2.45, 2.75) is 11.4 Å². The number of nitrogens with one attached hydrogen (secondary N) is 1. The predicted octanol–water partition coefficient (Wildman–Crippen LogP) is 1.75. The summed E-state index contributed by atoms with van der Waals surface area (Å²) >= 11 is 11.6. The Hall–Kier alpha value is -1.28. The monoisotopic (exact) mass is 334 g/mol. The number of hydrogen-bond donors (Lipinski definition) is 2. The summed E-state index contributed by atoms with van der Waals surface area (Å²) in [5.74, 6) is 0. The molecular weight excluding hydrogens is 323 g/mol. The highest BCUT2D eigenvalue weighted by atomic mass is 35.5. The van der Waals surface area contributed by atoms with Crippen molar-refractivity contribution in [3.63, 3.8) is 0 Å². The summed E-state index contributed by atoms with van der Waals surface area (Å²) in [7, 11) is -3.80. The van der Waals surface area contributed by atoms with Crippen molar-refractivity contribution in [1.29, 1.82) is 0 Å². The molecule has 3 N–H and O–H groups in total. The van der Waals surface area contributed by atoms with E-state index in [2.05, 4.69) is 9.82 Å². The van der Waals surface area contributed by atoms with Crippen molar-refractivity contribution < 1.29 is 8.42 Å². The molecule has 0 atom stereocenters. The molecule has 1 heterocycles. The van der Waals surface area contributed by atoms with Crippen LogP contribution in [-0.2, 0) is 16.6 Å². The third-order valence-corrected chi connectivity index (χ3v) is 4.70. The molecule has 2 aromatic rings. The molecule has 0 fully saturated rings. The number of anilines is 1. The zero-order chi connectivity index (χ0) is 14.8. The van der Waals surface area contributed by atoms with Gasteiger partial charge in [0.1, 0.15) is 4.90 Å². The lowest BCUT2D eigenvalue weighted by molar-refractivity contribution is 0.561. The van der Waals surface area contributed by atoms with Crippen LogP contribution >= 0.6 is 23.2 Å². The van der Waals surface area contributed by atoms with Crippen LogP contribution < -0.4 is 10.5 Å². The van der Waals surface area contributed by atoms with Gasteiger partial charge in [0, 0.05) is 24.0 Å². The van der Waals surface area contributed by atoms with Crippen LogP contribution in [0.5, 0.6) is 0 Å². The number of nitrogens with two attached hydrogens (primary N) is 1. The molecule has 0 aliphatic rings. The normalized spacial score (nSPS) is 11.7. The quantitative estimate of drug-likeness (QED) is 0.815. The van der Waals surface area contributed by atoms with Crippen molar-refractivity contribution in [3.8, 4) is 0 Å². The van der Waals surface area contributed by atoms with Gasteiger partial charge in [0.2, 0.25) is 10.0 Å². The standard InChI is InChI=1S/C11H12Cl2N4O2S/c12-8-6-9(13)11(10(14)7-8)20(18,19)16-3-5-17-4-1-2-15-17/h1-2,4,6-7,16H,3,5,14H2. The first-order valence-electron chi connectivity index (χ1n) is 5.62. The summed E-state index contributed by atoms with van der Waals surface area (Å²) in [6.07, 6.45) is 3.35. The van der Waals surface area contributed by atoms with Gasteiger partial charge in [-0.25, -0.2) is 13.1 Å². The molecule has 0 spiro atoms. The average molecular weight is 335 g/mol. The number of aromatic nitrogens is 2. The predicted molar refractivity (Wildman–Crippen MR) is 78.3 cm³/mol. The molecular formula is C11H12Cl2N4O2S. The Kier molecular flexibility index (Phi) is 4.54. The zero-order valence-electron chi connectivity index (χ0n) is 10.3. The fraction of sp³-hybridized carbons (Fsp3) is 0.182. The van der Waals surface area contributed by atoms with E-state index in [0.717, 1.165) is 0 Å². The molecule has 0 saturated heterocycles. The minimum absolute atomic E-state index is 0.00842. The molecule has 2 rings (SSSR count). The van der Waals surface area contributed by atoms with Gasteiger partial charge in [-0.1, -0.05) is 23.2 Å². The van der Waals surface area contributed by atoms with Gasteiger partial charge in [0.15, 0.2) is 0 Å². The number of rotatable bonds is 5. The van der Waals surface area contributed by atoms with E-state index in [0.29, 0.717) is 6.54 Å². The van der Waals surface area contributed by atoms with Crippen molar-refractivity contribution >= 4 is 38.9 Å². The number of sulfonamides is 1. The molecule has 0 amide bonds. The molecule has 108 valence electrons. The molecule has 0 bridgehead atoms. The fourth-order valence-corrected chi connectivity index (χ4v) is 3.67. The Labute approximate surface area is 126 Å². The highest BCUT2D eigenvalue weighted by Gasteiger charge is 2.21. The second-order valence-electron chi connectivity index (χ2n) is 3.97. The SMILES string of the molecule is Nc1cc(Cl)cc(Cl)c1S(=O)(=O)NCCn1cccn1. The highest BCUT2D eigenvalue weighted by Crippen LogP contribution is 2.30. The molecule has 20 heavy (non-hydrogen) atoms. The molecule has 0 aliphatic heterocycles. The third kappa shape index (κ3) is 3.43. The van der Waals surface area contributed by atoms with Gasteiger partial charge in [0.25, 0.3) is 0 Å². The summed E-state index contributed by atoms with van der Waals surface area (Å²) in [6.45, 7) is 0.569. The molecule has 0 unspecified atom stereocenters. The van der Waals surface area contributed by atoms with Gasteiger partial charge in [-0.15, -0.1) is 0 Å². The lowest BCUT2D eigenvalue weighted by Crippen LogP contribution is -2.28. The lowest BCUT2D eigenvalue weighted by Gasteiger charge is -2.11. The van der Waals surface area contributed by atoms with Crippen molar-refractivity contribution in [2.75, 3.05) is 12.3 Å². The maximum atomic E-state index is 12.2. The summed E-state index contributed by atoms with van der Waals surface area (Å²) in [5.41, 5.74) is 5.68. The molecule has 1 aromatic heterocycles. The van der Waals surface area contributed by atoms with Crippen LogP contribution in [0.4, 0.5) is 5.69 Å². The second kappa shape index (κ2) is 6.01. The first-order valence-corrected chi connectivity index (χ1v) is 7.85. The zero-order valence-corrected chi connectivity index (χ0v) is 12.6. The Morgan fingerprint density at radius 1 is 1.35 bits per heavy atom. The molecule has 6 nitrogen and oxygen atoms in total. The first kappa shape index (κ1) is 15.1. The summed E-state index contributed by atoms with van der Waals surface area (Å²) in [5, 5.41) is 4.24. The molecule has 0 saturated carbocycles. The van der Waals surface area contributed by atoms with E-state index in [9.17, 15) is 8.42 Å². The number of benzene rings is 1. The highest BCUT2D eigenvalue weighted by molar-refractivity contribution is 7.89. The van der Waals surface area contributed by atoms with Gasteiger partial charge >= 0.3 is 0 Å². The van der Waals surface area contributed by atoms with Crippen LogP contribution in [0.3, 0.4) is 0 Å². The van der Waals surface area contributed by atoms with Crippen molar-refractivity contribution in [3.05, 3.63) is 40.6 Å². The Balaban J connectivity index is 2.14. The van der Waals surface area contributed by atoms with Gasteiger partial charge in [-0.05, 0) is 18.2 Å². The van der Waals surface area contributed by atoms with E-state index in [1.54, 1.807) is 23.1 Å². The van der Waals surface area contributed by atoms with Crippen molar-refractivity contribution in [1.82, 2.24) is 14.5 Å². The van der Waals surface area contributed by atoms with E-state index >= 15 is 0 Å². The molecule has 0 aliphatic carbocycles. The van der Waals surface area contributed by atoms with Gasteiger partial charge < -0.3 is 5.73 Å². The van der Waals surface area contributed by atoms with Crippen LogP contribution in [0.2, 0.25) is 10.0 Å². The fourth-order valence-electron chi connectivity index (χ4n) is 1.66. The number of nitrogen functional groups attached to an aromatic ring is 1. The van der Waals surface area contributed by atoms with Crippen LogP contribution in [0.15, 0.2) is 35.5 Å². The third-order valence-electron chi connectivity index (χ3n) is 2.50. The minimum Gasteiger partial charge on any atom is -0.398 e. The van der Waals surface area contributed by atoms with Crippen LogP contribution in [0, 0.1) is 0 Å². The smallest absolute Gasteiger partial charge is 0.244 e. The summed E-state index contributed by atoms with van der Waals surface area (Å²) in [6, 6.07) is 4.43. The molecule has 9 heteroatoms. The second-order valence-corrected chi connectivity index (χ2v) is 6.52. The minimum atomic E-state index is -3.80. The maximum Gasteiger partial charge on any atom is 0.244 e. The molecule has 1 aromatic carbocycles. The maximum absolute atomic E-state index is 12.2. The van der Waals surface area contributed by atoms with Gasteiger partial charge in [0.05, 0.1) is 17.3 Å². The first-order chi connectivity index (χ1) is 9.40. The lowest BCUT2D eigenvalue weighted by atomic mass is 10.3. The molecule has 0 radical (unpaired) electrons.